The fourth-order valence-electron chi connectivity index (χ4n) is 2.11. The summed E-state index contributed by atoms with van der Waals surface area (Å²) in [6.07, 6.45) is -1.03. The van der Waals surface area contributed by atoms with Crippen molar-refractivity contribution in [2.75, 3.05) is 13.2 Å². The fourth-order valence-corrected chi connectivity index (χ4v) is 2.11. The standard InChI is InChI=1S/C15H20O4/c1-11-7-13(17)14(8-16)19-15(11)10-18-9-12-5-3-2-4-6-12/h2-6,13-17H,1,7-10H2/t13-,14+,15-/m0/s1. The lowest BCUT2D eigenvalue weighted by atomic mass is 9.97. The highest BCUT2D eigenvalue weighted by molar-refractivity contribution is 5.13. The molecular weight excluding hydrogens is 244 g/mol. The lowest BCUT2D eigenvalue weighted by molar-refractivity contribution is -0.128. The van der Waals surface area contributed by atoms with Gasteiger partial charge in [0.05, 0.1) is 25.9 Å². The maximum Gasteiger partial charge on any atom is 0.108 e. The van der Waals surface area contributed by atoms with Crippen molar-refractivity contribution < 1.29 is 19.7 Å². The number of aliphatic hydroxyl groups excluding tert-OH is 2. The van der Waals surface area contributed by atoms with E-state index in [1.54, 1.807) is 0 Å². The zero-order valence-electron chi connectivity index (χ0n) is 10.9. The predicted octanol–water partition coefficient (Wildman–Crippen LogP) is 1.27. The normalized spacial score (nSPS) is 27.5. The summed E-state index contributed by atoms with van der Waals surface area (Å²) in [6.45, 7) is 4.60. The molecule has 1 heterocycles. The van der Waals surface area contributed by atoms with E-state index in [9.17, 15) is 5.11 Å². The molecule has 4 heteroatoms. The minimum absolute atomic E-state index is 0.191. The third-order valence-electron chi connectivity index (χ3n) is 3.26. The second kappa shape index (κ2) is 6.82. The highest BCUT2D eigenvalue weighted by Crippen LogP contribution is 2.24. The Balaban J connectivity index is 1.80. The van der Waals surface area contributed by atoms with Crippen LogP contribution in [0.5, 0.6) is 0 Å². The van der Waals surface area contributed by atoms with Crippen LogP contribution in [0.2, 0.25) is 0 Å². The summed E-state index contributed by atoms with van der Waals surface area (Å²) in [5, 5.41) is 18.8. The quantitative estimate of drug-likeness (QED) is 0.786. The van der Waals surface area contributed by atoms with Crippen LogP contribution in [0.25, 0.3) is 0 Å². The molecule has 1 saturated heterocycles. The molecule has 2 N–H and O–H groups in total. The van der Waals surface area contributed by atoms with Gasteiger partial charge < -0.3 is 19.7 Å². The third kappa shape index (κ3) is 3.88. The van der Waals surface area contributed by atoms with Gasteiger partial charge in [-0.3, -0.25) is 0 Å². The summed E-state index contributed by atoms with van der Waals surface area (Å²) in [5.74, 6) is 0. The zero-order chi connectivity index (χ0) is 13.7. The molecule has 0 aromatic heterocycles. The molecule has 0 radical (unpaired) electrons. The molecule has 3 atom stereocenters. The van der Waals surface area contributed by atoms with Crippen molar-refractivity contribution >= 4 is 0 Å². The van der Waals surface area contributed by atoms with Gasteiger partial charge in [0.1, 0.15) is 12.2 Å². The number of ether oxygens (including phenoxy) is 2. The average molecular weight is 264 g/mol. The summed E-state index contributed by atoms with van der Waals surface area (Å²) in [7, 11) is 0. The van der Waals surface area contributed by atoms with Crippen LogP contribution >= 0.6 is 0 Å². The second-order valence-corrected chi connectivity index (χ2v) is 4.78. The Morgan fingerprint density at radius 3 is 2.74 bits per heavy atom. The summed E-state index contributed by atoms with van der Waals surface area (Å²) >= 11 is 0. The van der Waals surface area contributed by atoms with Gasteiger partial charge in [-0.15, -0.1) is 0 Å². The molecule has 2 rings (SSSR count). The molecule has 0 bridgehead atoms. The Kier molecular flexibility index (Phi) is 5.10. The molecule has 1 fully saturated rings. The Bertz CT molecular complexity index is 404. The Morgan fingerprint density at radius 2 is 2.05 bits per heavy atom. The summed E-state index contributed by atoms with van der Waals surface area (Å²) in [4.78, 5) is 0. The maximum atomic E-state index is 9.67. The highest BCUT2D eigenvalue weighted by Gasteiger charge is 2.31. The number of hydrogen-bond acceptors (Lipinski definition) is 4. The van der Waals surface area contributed by atoms with E-state index in [1.165, 1.54) is 0 Å². The van der Waals surface area contributed by atoms with Crippen LogP contribution in [0.4, 0.5) is 0 Å². The van der Waals surface area contributed by atoms with Crippen molar-refractivity contribution in [1.29, 1.82) is 0 Å². The molecule has 1 aliphatic heterocycles. The van der Waals surface area contributed by atoms with Crippen LogP contribution < -0.4 is 0 Å². The van der Waals surface area contributed by atoms with Crippen LogP contribution in [0.1, 0.15) is 12.0 Å². The molecule has 0 aliphatic carbocycles. The monoisotopic (exact) mass is 264 g/mol. The first kappa shape index (κ1) is 14.2. The van der Waals surface area contributed by atoms with Gasteiger partial charge in [-0.25, -0.2) is 0 Å². The maximum absolute atomic E-state index is 9.67. The molecule has 104 valence electrons. The van der Waals surface area contributed by atoms with E-state index in [1.807, 2.05) is 30.3 Å². The summed E-state index contributed by atoms with van der Waals surface area (Å²) in [5.41, 5.74) is 1.91. The van der Waals surface area contributed by atoms with E-state index >= 15 is 0 Å². The van der Waals surface area contributed by atoms with Gasteiger partial charge in [-0.2, -0.15) is 0 Å². The van der Waals surface area contributed by atoms with Crippen LogP contribution in [0.3, 0.4) is 0 Å². The zero-order valence-corrected chi connectivity index (χ0v) is 10.9. The molecule has 4 nitrogen and oxygen atoms in total. The van der Waals surface area contributed by atoms with Crippen molar-refractivity contribution in [2.45, 2.75) is 31.3 Å². The molecular formula is C15H20O4. The molecule has 1 aromatic rings. The molecule has 0 spiro atoms. The van der Waals surface area contributed by atoms with Gasteiger partial charge in [0.2, 0.25) is 0 Å². The number of rotatable bonds is 5. The van der Waals surface area contributed by atoms with E-state index in [4.69, 9.17) is 14.6 Å². The first-order chi connectivity index (χ1) is 9.20. The van der Waals surface area contributed by atoms with Gasteiger partial charge in [0.15, 0.2) is 0 Å². The van der Waals surface area contributed by atoms with Crippen LogP contribution in [0.15, 0.2) is 42.5 Å². The third-order valence-corrected chi connectivity index (χ3v) is 3.26. The second-order valence-electron chi connectivity index (χ2n) is 4.78. The topological polar surface area (TPSA) is 58.9 Å². The van der Waals surface area contributed by atoms with E-state index in [-0.39, 0.29) is 12.7 Å². The van der Waals surface area contributed by atoms with E-state index in [2.05, 4.69) is 6.58 Å². The largest absolute Gasteiger partial charge is 0.394 e. The van der Waals surface area contributed by atoms with Crippen LogP contribution in [0, 0.1) is 0 Å². The number of benzene rings is 1. The van der Waals surface area contributed by atoms with Gasteiger partial charge >= 0.3 is 0 Å². The Hall–Kier alpha value is -1.20. The average Bonchev–Trinajstić information content (AvgIpc) is 2.42. The van der Waals surface area contributed by atoms with Crippen molar-refractivity contribution in [3.05, 3.63) is 48.0 Å². The van der Waals surface area contributed by atoms with Crippen LogP contribution in [-0.4, -0.2) is 41.7 Å². The molecule has 0 saturated carbocycles. The first-order valence-corrected chi connectivity index (χ1v) is 6.44. The van der Waals surface area contributed by atoms with Gasteiger partial charge in [0, 0.05) is 0 Å². The van der Waals surface area contributed by atoms with E-state index in [0.29, 0.717) is 19.6 Å². The lowest BCUT2D eigenvalue weighted by Crippen LogP contribution is -2.43. The van der Waals surface area contributed by atoms with Crippen molar-refractivity contribution in [1.82, 2.24) is 0 Å². The minimum atomic E-state index is -0.678. The number of hydrogen-bond donors (Lipinski definition) is 2. The summed E-state index contributed by atoms with van der Waals surface area (Å²) < 4.78 is 11.2. The van der Waals surface area contributed by atoms with Crippen LogP contribution in [-0.2, 0) is 16.1 Å². The predicted molar refractivity (Wildman–Crippen MR) is 71.6 cm³/mol. The van der Waals surface area contributed by atoms with Crippen molar-refractivity contribution in [3.63, 3.8) is 0 Å². The van der Waals surface area contributed by atoms with Gasteiger partial charge in [-0.1, -0.05) is 36.9 Å². The Labute approximate surface area is 113 Å². The molecule has 19 heavy (non-hydrogen) atoms. The highest BCUT2D eigenvalue weighted by atomic mass is 16.6. The fraction of sp³-hybridized carbons (Fsp3) is 0.467. The van der Waals surface area contributed by atoms with Crippen molar-refractivity contribution in [2.24, 2.45) is 0 Å². The van der Waals surface area contributed by atoms with E-state index in [0.717, 1.165) is 11.1 Å². The Morgan fingerprint density at radius 1 is 1.32 bits per heavy atom. The van der Waals surface area contributed by atoms with Gasteiger partial charge in [-0.05, 0) is 17.6 Å². The molecule has 0 unspecified atom stereocenters. The smallest absolute Gasteiger partial charge is 0.108 e. The molecule has 1 aromatic carbocycles. The van der Waals surface area contributed by atoms with Crippen molar-refractivity contribution in [3.8, 4) is 0 Å². The van der Waals surface area contributed by atoms with E-state index < -0.39 is 12.2 Å². The molecule has 1 aliphatic rings. The minimum Gasteiger partial charge on any atom is -0.394 e. The first-order valence-electron chi connectivity index (χ1n) is 6.44. The van der Waals surface area contributed by atoms with Gasteiger partial charge in [0.25, 0.3) is 0 Å². The lowest BCUT2D eigenvalue weighted by Gasteiger charge is -2.34. The SMILES string of the molecule is C=C1C[C@H](O)[C@@H](CO)O[C@H]1COCc1ccccc1. The molecule has 0 amide bonds. The summed E-state index contributed by atoms with van der Waals surface area (Å²) in [6, 6.07) is 9.89. The number of aliphatic hydroxyl groups is 2.